The van der Waals surface area contributed by atoms with E-state index in [-0.39, 0.29) is 72.9 Å². The average Bonchev–Trinajstić information content (AvgIpc) is 1.69. The molecule has 10 aromatic rings. The van der Waals surface area contributed by atoms with E-state index >= 15 is 0 Å². The Balaban J connectivity index is 0.000000192. The Morgan fingerprint density at radius 3 is 1.32 bits per heavy atom. The van der Waals surface area contributed by atoms with Crippen molar-refractivity contribution >= 4 is 63.4 Å². The molecular weight excluding hydrogens is 1410 g/mol. The molecule has 4 fully saturated rings. The lowest BCUT2D eigenvalue weighted by atomic mass is 9.99. The minimum atomic E-state index is -0.418. The SMILES string of the molecule is C1CNCCN1.CCc1nc2c(cnn2CC)c(NC2CCOCC2)c1CNC(=O)c1cccc(C(=O)NCc2ccc(OC)c(-c3cccc(C=O)c3)c2)n1.CCc1nc2c(cnn2CC)c(NC2CCOCC2)c1CNC(=O)c1cccc(C(=O)NCc2ccc(OC)c(-c3cccc(CN4CCNCC4)c3)c2)n1. The van der Waals surface area contributed by atoms with Crippen LogP contribution in [-0.2, 0) is 68.1 Å². The van der Waals surface area contributed by atoms with Crippen molar-refractivity contribution in [2.75, 3.05) is 104 Å². The molecule has 4 aliphatic rings. The van der Waals surface area contributed by atoms with Crippen molar-refractivity contribution in [2.45, 2.75) is 124 Å². The van der Waals surface area contributed by atoms with Crippen molar-refractivity contribution in [2.24, 2.45) is 0 Å². The van der Waals surface area contributed by atoms with Gasteiger partial charge < -0.3 is 66.8 Å². The number of piperazine rings is 2. The highest BCUT2D eigenvalue weighted by Crippen LogP contribution is 2.36. The maximum Gasteiger partial charge on any atom is 0.270 e. The van der Waals surface area contributed by atoms with Crippen LogP contribution in [0.3, 0.4) is 0 Å². The highest BCUT2D eigenvalue weighted by atomic mass is 16.5. The Morgan fingerprint density at radius 2 is 0.901 bits per heavy atom. The number of aryl methyl sites for hydroxylation is 4. The van der Waals surface area contributed by atoms with Gasteiger partial charge >= 0.3 is 0 Å². The van der Waals surface area contributed by atoms with Crippen molar-refractivity contribution in [1.29, 1.82) is 0 Å². The standard InChI is InChI=1S/C42H51N9O4.C38H41N7O5.C4H10N2/c1-4-35-33(39(47-31-14-20-55-21-15-31)34-26-46-51(5-2)40(34)49-35)25-45-42(53)37-11-7-10-36(48-37)41(52)44-24-28-12-13-38(54-3)32(23-28)30-9-6-8-29(22-30)27-50-18-16-43-17-19-50;1-4-31-29(35(42-27-14-16-50-17-15-27)30-22-41-45(5-2)36(30)44-31)21-40-38(48)33-11-7-10-32(43-33)37(47)39-20-24-12-13-34(49-3)28(19-24)26-9-6-8-25(18-26)23-46;1-2-6-4-3-5-1/h6-13,22-23,26,31,43H,4-5,14-21,24-25,27H2,1-3H3,(H,44,52)(H,45,53)(H,47,49);6-13,18-19,22-23,27H,4-5,14-17,20-21H2,1-3H3,(H,39,47)(H,40,48)(H,42,44);5-6H,1-4H2. The van der Waals surface area contributed by atoms with Gasteiger partial charge in [0.05, 0.1) is 48.8 Å². The minimum Gasteiger partial charge on any atom is -0.496 e. The summed E-state index contributed by atoms with van der Waals surface area (Å²) in [6.45, 7) is 22.9. The summed E-state index contributed by atoms with van der Waals surface area (Å²) >= 11 is 0. The molecule has 0 atom stereocenters. The highest BCUT2D eigenvalue weighted by Gasteiger charge is 2.26. The topological polar surface area (TPSA) is 321 Å². The number of hydrogen-bond donors (Lipinski definition) is 9. The lowest BCUT2D eigenvalue weighted by Gasteiger charge is -2.27. The number of carbonyl (C=O) groups excluding carboxylic acids is 5. The van der Waals surface area contributed by atoms with Crippen LogP contribution < -0.4 is 57.3 Å². The molecule has 4 amide bonds. The van der Waals surface area contributed by atoms with Crippen LogP contribution in [0.1, 0.15) is 145 Å². The fourth-order valence-electron chi connectivity index (χ4n) is 14.2. The number of hydrogen-bond acceptors (Lipinski definition) is 21. The van der Waals surface area contributed by atoms with Crippen LogP contribution in [0, 0.1) is 0 Å². The van der Waals surface area contributed by atoms with Gasteiger partial charge in [-0.1, -0.05) is 74.5 Å². The molecule has 0 unspecified atom stereocenters. The zero-order valence-electron chi connectivity index (χ0n) is 64.3. The summed E-state index contributed by atoms with van der Waals surface area (Å²) in [5.41, 5.74) is 14.8. The molecule has 0 spiro atoms. The van der Waals surface area contributed by atoms with Crippen LogP contribution in [0.5, 0.6) is 11.5 Å². The second-order valence-electron chi connectivity index (χ2n) is 27.6. The first-order chi connectivity index (χ1) is 54.3. The number of anilines is 2. The molecule has 111 heavy (non-hydrogen) atoms. The van der Waals surface area contributed by atoms with Gasteiger partial charge in [-0.25, -0.2) is 29.3 Å². The third kappa shape index (κ3) is 20.5. The van der Waals surface area contributed by atoms with Crippen molar-refractivity contribution in [3.05, 3.63) is 201 Å². The van der Waals surface area contributed by atoms with Crippen molar-refractivity contribution in [1.82, 2.24) is 81.6 Å². The smallest absolute Gasteiger partial charge is 0.270 e. The second-order valence-corrected chi connectivity index (χ2v) is 27.6. The second kappa shape index (κ2) is 39.5. The molecule has 4 aliphatic heterocycles. The van der Waals surface area contributed by atoms with Crippen molar-refractivity contribution in [3.63, 3.8) is 0 Å². The van der Waals surface area contributed by atoms with Gasteiger partial charge in [-0.05, 0) is 141 Å². The van der Waals surface area contributed by atoms with Gasteiger partial charge in [0, 0.05) is 176 Å². The maximum absolute atomic E-state index is 13.6. The zero-order valence-corrected chi connectivity index (χ0v) is 64.3. The average molecular weight is 1510 g/mol. The lowest BCUT2D eigenvalue weighted by molar-refractivity contribution is 0.0903. The first kappa shape index (κ1) is 79.5. The summed E-state index contributed by atoms with van der Waals surface area (Å²) in [7, 11) is 3.25. The number of nitrogens with zero attached hydrogens (tertiary/aromatic N) is 9. The fourth-order valence-corrected chi connectivity index (χ4v) is 14.2. The zero-order chi connectivity index (χ0) is 77.4. The summed E-state index contributed by atoms with van der Waals surface area (Å²) in [6, 6.07) is 37.5. The molecule has 582 valence electrons. The van der Waals surface area contributed by atoms with Crippen LogP contribution in [0.2, 0.25) is 0 Å². The van der Waals surface area contributed by atoms with Crippen molar-refractivity contribution in [3.8, 4) is 33.8 Å². The Hall–Kier alpha value is -11.1. The van der Waals surface area contributed by atoms with Gasteiger partial charge in [-0.3, -0.25) is 28.9 Å². The van der Waals surface area contributed by atoms with E-state index in [0.717, 1.165) is 186 Å². The predicted molar refractivity (Wildman–Crippen MR) is 429 cm³/mol. The molecule has 27 nitrogen and oxygen atoms in total. The molecule has 4 aromatic carbocycles. The molecule has 6 aromatic heterocycles. The molecule has 0 aliphatic carbocycles. The number of aldehydes is 1. The molecule has 0 saturated carbocycles. The van der Waals surface area contributed by atoms with Gasteiger partial charge in [0.1, 0.15) is 40.6 Å². The number of ether oxygens (including phenoxy) is 4. The van der Waals surface area contributed by atoms with Gasteiger partial charge in [-0.2, -0.15) is 10.2 Å². The number of nitrogens with one attached hydrogen (secondary N) is 9. The van der Waals surface area contributed by atoms with Crippen LogP contribution in [0.15, 0.2) is 134 Å². The maximum atomic E-state index is 13.6. The van der Waals surface area contributed by atoms with Gasteiger partial charge in [-0.15, -0.1) is 0 Å². The normalized spacial score (nSPS) is 14.8. The molecule has 0 radical (unpaired) electrons. The van der Waals surface area contributed by atoms with Gasteiger partial charge in [0.25, 0.3) is 23.6 Å². The number of amides is 4. The van der Waals surface area contributed by atoms with Gasteiger partial charge in [0.2, 0.25) is 0 Å². The quantitative estimate of drug-likeness (QED) is 0.0216. The first-order valence-corrected chi connectivity index (χ1v) is 38.7. The van der Waals surface area contributed by atoms with E-state index in [1.165, 1.54) is 5.56 Å². The summed E-state index contributed by atoms with van der Waals surface area (Å²) in [5.74, 6) is -0.160. The summed E-state index contributed by atoms with van der Waals surface area (Å²) < 4.78 is 26.2. The number of pyridine rings is 4. The van der Waals surface area contributed by atoms with E-state index in [9.17, 15) is 24.0 Å². The van der Waals surface area contributed by atoms with E-state index in [1.54, 1.807) is 62.8 Å². The number of aromatic nitrogens is 8. The van der Waals surface area contributed by atoms with E-state index in [0.29, 0.717) is 63.7 Å². The van der Waals surface area contributed by atoms with E-state index in [2.05, 4.69) is 110 Å². The van der Waals surface area contributed by atoms with E-state index < -0.39 is 11.8 Å². The third-order valence-electron chi connectivity index (χ3n) is 20.2. The molecule has 10 heterocycles. The van der Waals surface area contributed by atoms with Crippen molar-refractivity contribution < 1.29 is 42.9 Å². The Bertz CT molecular complexity index is 4840. The van der Waals surface area contributed by atoms with Crippen LogP contribution in [-0.4, -0.2) is 179 Å². The minimum absolute atomic E-state index is 0.122. The third-order valence-corrected chi connectivity index (χ3v) is 20.2. The predicted octanol–water partition coefficient (Wildman–Crippen LogP) is 9.47. The molecular formula is C84H102N18O9. The summed E-state index contributed by atoms with van der Waals surface area (Å²) in [4.78, 5) is 86.2. The monoisotopic (exact) mass is 1510 g/mol. The fraction of sp³-hybridized carbons (Fsp3) is 0.393. The van der Waals surface area contributed by atoms with Crippen LogP contribution in [0.4, 0.5) is 11.4 Å². The summed E-state index contributed by atoms with van der Waals surface area (Å²) in [6.07, 6.45) is 9.39. The van der Waals surface area contributed by atoms with Gasteiger partial charge in [0.15, 0.2) is 11.3 Å². The Kier molecular flexibility index (Phi) is 28.3. The largest absolute Gasteiger partial charge is 0.496 e. The molecule has 4 saturated heterocycles. The number of fused-ring (bicyclic) bond motifs is 2. The highest BCUT2D eigenvalue weighted by molar-refractivity contribution is 5.98. The number of methoxy groups -OCH3 is 2. The van der Waals surface area contributed by atoms with E-state index in [1.807, 2.05) is 85.0 Å². The molecule has 0 bridgehead atoms. The first-order valence-electron chi connectivity index (χ1n) is 38.7. The Morgan fingerprint density at radius 1 is 0.486 bits per heavy atom. The van der Waals surface area contributed by atoms with Crippen LogP contribution in [0.25, 0.3) is 44.3 Å². The Labute approximate surface area is 647 Å². The number of benzene rings is 4. The van der Waals surface area contributed by atoms with E-state index in [4.69, 9.17) is 28.9 Å². The lowest BCUT2D eigenvalue weighted by Crippen LogP contribution is -2.42. The summed E-state index contributed by atoms with van der Waals surface area (Å²) in [5, 5.41) is 40.3. The molecule has 27 heteroatoms. The number of carbonyl (C=O) groups is 5. The molecule has 9 N–H and O–H groups in total. The number of rotatable bonds is 27. The van der Waals surface area contributed by atoms with Crippen LogP contribution >= 0.6 is 0 Å². The molecule has 14 rings (SSSR count).